The molecule has 0 amide bonds. The van der Waals surface area contributed by atoms with E-state index >= 15 is 0 Å². The molecule has 1 aromatic carbocycles. The zero-order chi connectivity index (χ0) is 12.1. The molecule has 0 spiro atoms. The van der Waals surface area contributed by atoms with Crippen LogP contribution in [-0.2, 0) is 0 Å². The number of hydrogen-bond acceptors (Lipinski definition) is 3. The number of hydrogen-bond donors (Lipinski definition) is 3. The van der Waals surface area contributed by atoms with Gasteiger partial charge in [-0.05, 0) is 25.6 Å². The van der Waals surface area contributed by atoms with Crippen LogP contribution >= 0.6 is 11.8 Å². The first-order valence-corrected chi connectivity index (χ1v) is 6.80. The monoisotopic (exact) mass is 250 g/mol. The van der Waals surface area contributed by atoms with E-state index in [1.807, 2.05) is 19.2 Å². The van der Waals surface area contributed by atoms with Crippen LogP contribution < -0.4 is 5.32 Å². The van der Waals surface area contributed by atoms with E-state index in [0.29, 0.717) is 6.04 Å². The Hall–Kier alpha value is -0.970. The van der Waals surface area contributed by atoms with Gasteiger partial charge in [0, 0.05) is 29.3 Å². The summed E-state index contributed by atoms with van der Waals surface area (Å²) in [5.74, 6) is 0.962. The first-order valence-electron chi connectivity index (χ1n) is 5.82. The molecule has 1 unspecified atom stereocenters. The molecular formula is C13H18N2OS. The number of benzene rings is 1. The van der Waals surface area contributed by atoms with Crippen molar-refractivity contribution in [3.8, 4) is 0 Å². The number of rotatable bonds is 6. The van der Waals surface area contributed by atoms with Crippen molar-refractivity contribution in [2.45, 2.75) is 17.5 Å². The van der Waals surface area contributed by atoms with Crippen molar-refractivity contribution in [3.05, 3.63) is 30.3 Å². The summed E-state index contributed by atoms with van der Waals surface area (Å²) in [4.78, 5) is 3.39. The third kappa shape index (κ3) is 3.25. The van der Waals surface area contributed by atoms with Crippen molar-refractivity contribution in [3.63, 3.8) is 0 Å². The molecule has 3 N–H and O–H groups in total. The van der Waals surface area contributed by atoms with Crippen molar-refractivity contribution in [1.82, 2.24) is 10.3 Å². The Morgan fingerprint density at radius 3 is 2.94 bits per heavy atom. The molecule has 0 aliphatic carbocycles. The Balaban J connectivity index is 1.98. The highest BCUT2D eigenvalue weighted by Gasteiger charge is 2.07. The van der Waals surface area contributed by atoms with Crippen LogP contribution in [0.4, 0.5) is 0 Å². The van der Waals surface area contributed by atoms with Gasteiger partial charge in [-0.3, -0.25) is 0 Å². The molecule has 3 nitrogen and oxygen atoms in total. The number of aliphatic hydroxyl groups is 1. The molecule has 17 heavy (non-hydrogen) atoms. The van der Waals surface area contributed by atoms with Gasteiger partial charge in [0.1, 0.15) is 0 Å². The highest BCUT2D eigenvalue weighted by atomic mass is 32.2. The number of H-pyrrole nitrogens is 1. The van der Waals surface area contributed by atoms with Crippen LogP contribution in [0.3, 0.4) is 0 Å². The maximum absolute atomic E-state index is 8.92. The Morgan fingerprint density at radius 2 is 2.24 bits per heavy atom. The number of aromatic nitrogens is 1. The molecule has 0 aliphatic heterocycles. The quantitative estimate of drug-likeness (QED) is 0.689. The minimum atomic E-state index is 0.235. The molecule has 0 saturated heterocycles. The normalized spacial score (nSPS) is 13.1. The average molecular weight is 250 g/mol. The SMILES string of the molecule is CNC(CCO)CSc1cc2ccccc2[nH]1. The number of thioether (sulfide) groups is 1. The average Bonchev–Trinajstić information content (AvgIpc) is 2.77. The number of para-hydroxylation sites is 1. The maximum Gasteiger partial charge on any atom is 0.0733 e. The second-order valence-electron chi connectivity index (χ2n) is 4.03. The van der Waals surface area contributed by atoms with Gasteiger partial charge < -0.3 is 15.4 Å². The Labute approximate surface area is 106 Å². The van der Waals surface area contributed by atoms with Crippen LogP contribution in [0.25, 0.3) is 10.9 Å². The molecule has 1 aromatic heterocycles. The fraction of sp³-hybridized carbons (Fsp3) is 0.385. The molecule has 2 rings (SSSR count). The minimum absolute atomic E-state index is 0.235. The van der Waals surface area contributed by atoms with Crippen LogP contribution in [0.2, 0.25) is 0 Å². The highest BCUT2D eigenvalue weighted by molar-refractivity contribution is 7.99. The molecule has 0 bridgehead atoms. The summed E-state index contributed by atoms with van der Waals surface area (Å²) in [6, 6.07) is 10.8. The summed E-state index contributed by atoms with van der Waals surface area (Å²) < 4.78 is 0. The minimum Gasteiger partial charge on any atom is -0.396 e. The van der Waals surface area contributed by atoms with Crippen LogP contribution in [0, 0.1) is 0 Å². The van der Waals surface area contributed by atoms with Gasteiger partial charge in [0.25, 0.3) is 0 Å². The molecule has 0 fully saturated rings. The summed E-state index contributed by atoms with van der Waals surface area (Å²) >= 11 is 1.79. The van der Waals surface area contributed by atoms with Crippen LogP contribution in [0.15, 0.2) is 35.4 Å². The summed E-state index contributed by atoms with van der Waals surface area (Å²) in [6.45, 7) is 0.235. The predicted octanol–water partition coefficient (Wildman–Crippen LogP) is 2.23. The van der Waals surface area contributed by atoms with Crippen LogP contribution in [-0.4, -0.2) is 35.5 Å². The van der Waals surface area contributed by atoms with E-state index in [0.717, 1.165) is 12.2 Å². The van der Waals surface area contributed by atoms with E-state index in [1.165, 1.54) is 15.9 Å². The van der Waals surface area contributed by atoms with Gasteiger partial charge in [0.2, 0.25) is 0 Å². The summed E-state index contributed by atoms with van der Waals surface area (Å²) in [5, 5.41) is 14.6. The standard InChI is InChI=1S/C13H18N2OS/c1-14-11(6-7-16)9-17-13-8-10-4-2-3-5-12(10)15-13/h2-5,8,11,14-16H,6-7,9H2,1H3. The molecular weight excluding hydrogens is 232 g/mol. The molecule has 2 aromatic rings. The van der Waals surface area contributed by atoms with Gasteiger partial charge in [-0.1, -0.05) is 18.2 Å². The fourth-order valence-corrected chi connectivity index (χ4v) is 2.89. The topological polar surface area (TPSA) is 48.0 Å². The van der Waals surface area contributed by atoms with E-state index in [9.17, 15) is 0 Å². The zero-order valence-corrected chi connectivity index (χ0v) is 10.8. The molecule has 0 aliphatic rings. The summed E-state index contributed by atoms with van der Waals surface area (Å²) in [5.41, 5.74) is 1.18. The molecule has 1 heterocycles. The third-order valence-corrected chi connectivity index (χ3v) is 3.93. The number of aromatic amines is 1. The lowest BCUT2D eigenvalue weighted by atomic mass is 10.2. The zero-order valence-electron chi connectivity index (χ0n) is 9.94. The third-order valence-electron chi connectivity index (χ3n) is 2.83. The highest BCUT2D eigenvalue weighted by Crippen LogP contribution is 2.23. The largest absolute Gasteiger partial charge is 0.396 e. The summed E-state index contributed by atoms with van der Waals surface area (Å²) in [6.07, 6.45) is 0.795. The van der Waals surface area contributed by atoms with Crippen molar-refractivity contribution >= 4 is 22.7 Å². The van der Waals surface area contributed by atoms with Crippen molar-refractivity contribution in [1.29, 1.82) is 0 Å². The van der Waals surface area contributed by atoms with Gasteiger partial charge in [-0.15, -0.1) is 11.8 Å². The van der Waals surface area contributed by atoms with Gasteiger partial charge >= 0.3 is 0 Å². The van der Waals surface area contributed by atoms with Crippen LogP contribution in [0.5, 0.6) is 0 Å². The fourth-order valence-electron chi connectivity index (χ4n) is 1.78. The first kappa shape index (κ1) is 12.5. The lowest BCUT2D eigenvalue weighted by molar-refractivity contribution is 0.273. The van der Waals surface area contributed by atoms with Crippen molar-refractivity contribution in [2.24, 2.45) is 0 Å². The predicted molar refractivity (Wildman–Crippen MR) is 73.6 cm³/mol. The Kier molecular flexibility index (Phi) is 4.48. The van der Waals surface area contributed by atoms with Gasteiger partial charge in [0.15, 0.2) is 0 Å². The molecule has 4 heteroatoms. The molecule has 92 valence electrons. The Morgan fingerprint density at radius 1 is 1.41 bits per heavy atom. The van der Waals surface area contributed by atoms with E-state index in [1.54, 1.807) is 11.8 Å². The van der Waals surface area contributed by atoms with Gasteiger partial charge in [0.05, 0.1) is 5.03 Å². The molecule has 0 saturated carbocycles. The van der Waals surface area contributed by atoms with Gasteiger partial charge in [-0.25, -0.2) is 0 Å². The second kappa shape index (κ2) is 6.10. The van der Waals surface area contributed by atoms with E-state index in [2.05, 4.69) is 28.5 Å². The lowest BCUT2D eigenvalue weighted by Crippen LogP contribution is -2.28. The van der Waals surface area contributed by atoms with Crippen molar-refractivity contribution in [2.75, 3.05) is 19.4 Å². The van der Waals surface area contributed by atoms with E-state index in [4.69, 9.17) is 5.11 Å². The second-order valence-corrected chi connectivity index (χ2v) is 5.09. The number of fused-ring (bicyclic) bond motifs is 1. The first-order chi connectivity index (χ1) is 8.33. The lowest BCUT2D eigenvalue weighted by Gasteiger charge is -2.13. The summed E-state index contributed by atoms with van der Waals surface area (Å²) in [7, 11) is 1.94. The maximum atomic E-state index is 8.92. The van der Waals surface area contributed by atoms with Crippen LogP contribution in [0.1, 0.15) is 6.42 Å². The number of aliphatic hydroxyl groups excluding tert-OH is 1. The van der Waals surface area contributed by atoms with E-state index < -0.39 is 0 Å². The smallest absolute Gasteiger partial charge is 0.0733 e. The number of nitrogens with one attached hydrogen (secondary N) is 2. The van der Waals surface area contributed by atoms with Gasteiger partial charge in [-0.2, -0.15) is 0 Å². The Bertz CT molecular complexity index is 436. The van der Waals surface area contributed by atoms with E-state index in [-0.39, 0.29) is 6.61 Å². The van der Waals surface area contributed by atoms with Crippen molar-refractivity contribution < 1.29 is 5.11 Å². The molecule has 1 atom stereocenters. The molecule has 0 radical (unpaired) electrons.